The van der Waals surface area contributed by atoms with Crippen molar-refractivity contribution in [3.05, 3.63) is 40.4 Å². The number of halogens is 1. The third-order valence-corrected chi connectivity index (χ3v) is 3.83. The molecule has 2 rings (SSSR count). The Labute approximate surface area is 147 Å². The van der Waals surface area contributed by atoms with Crippen LogP contribution < -0.4 is 0 Å². The highest BCUT2D eigenvalue weighted by atomic mass is 35.5. The van der Waals surface area contributed by atoms with Crippen LogP contribution in [0.3, 0.4) is 0 Å². The lowest BCUT2D eigenvalue weighted by molar-refractivity contribution is 0.0270. The largest absolute Gasteiger partial charge is 0.465 e. The average molecular weight is 352 g/mol. The summed E-state index contributed by atoms with van der Waals surface area (Å²) in [4.78, 5) is 25.7. The van der Waals surface area contributed by atoms with Crippen molar-refractivity contribution in [2.75, 3.05) is 20.2 Å². The Bertz CT molecular complexity index is 676. The van der Waals surface area contributed by atoms with Gasteiger partial charge in [-0.15, -0.1) is 0 Å². The van der Waals surface area contributed by atoms with Gasteiger partial charge in [0.1, 0.15) is 5.60 Å². The number of methoxy groups -OCH3 is 1. The summed E-state index contributed by atoms with van der Waals surface area (Å²) in [5.41, 5.74) is 1.69. The minimum absolute atomic E-state index is 0.331. The highest BCUT2D eigenvalue weighted by molar-refractivity contribution is 6.31. The first-order valence-electron chi connectivity index (χ1n) is 7.76. The van der Waals surface area contributed by atoms with Crippen molar-refractivity contribution in [2.24, 2.45) is 0 Å². The van der Waals surface area contributed by atoms with E-state index in [2.05, 4.69) is 0 Å². The van der Waals surface area contributed by atoms with Crippen LogP contribution >= 0.6 is 11.6 Å². The molecular weight excluding hydrogens is 330 g/mol. The fourth-order valence-electron chi connectivity index (χ4n) is 2.48. The predicted octanol–water partition coefficient (Wildman–Crippen LogP) is 4.15. The number of benzene rings is 1. The quantitative estimate of drug-likeness (QED) is 0.751. The van der Waals surface area contributed by atoms with Gasteiger partial charge in [0, 0.05) is 18.1 Å². The smallest absolute Gasteiger partial charge is 0.410 e. The molecule has 0 aliphatic carbocycles. The first-order chi connectivity index (χ1) is 11.2. The van der Waals surface area contributed by atoms with Gasteiger partial charge in [0.15, 0.2) is 0 Å². The molecule has 0 spiro atoms. The number of esters is 1. The molecule has 0 unspecified atom stereocenters. The lowest BCUT2D eigenvalue weighted by Crippen LogP contribution is -2.39. The lowest BCUT2D eigenvalue weighted by Gasteiger charge is -2.30. The van der Waals surface area contributed by atoms with Gasteiger partial charge >= 0.3 is 12.1 Å². The van der Waals surface area contributed by atoms with Crippen LogP contribution in [0, 0.1) is 0 Å². The van der Waals surface area contributed by atoms with Gasteiger partial charge in [-0.1, -0.05) is 23.7 Å². The molecule has 0 aromatic heterocycles. The molecule has 6 heteroatoms. The monoisotopic (exact) mass is 351 g/mol. The second-order valence-corrected chi connectivity index (χ2v) is 7.02. The fourth-order valence-corrected chi connectivity index (χ4v) is 2.65. The maximum atomic E-state index is 12.1. The molecule has 0 radical (unpaired) electrons. The first kappa shape index (κ1) is 18.3. The molecule has 1 aliphatic rings. The van der Waals surface area contributed by atoms with Crippen molar-refractivity contribution in [3.63, 3.8) is 0 Å². The average Bonchev–Trinajstić information content (AvgIpc) is 2.52. The number of carbonyl (C=O) groups is 2. The van der Waals surface area contributed by atoms with Crippen molar-refractivity contribution in [2.45, 2.75) is 32.8 Å². The van der Waals surface area contributed by atoms with Crippen molar-refractivity contribution in [3.8, 4) is 0 Å². The Hall–Kier alpha value is -2.01. The lowest BCUT2D eigenvalue weighted by atomic mass is 9.95. The van der Waals surface area contributed by atoms with Crippen LogP contribution in [0.5, 0.6) is 0 Å². The van der Waals surface area contributed by atoms with Crippen LogP contribution in [0.15, 0.2) is 24.3 Å². The van der Waals surface area contributed by atoms with Crippen LogP contribution in [-0.4, -0.2) is 42.8 Å². The highest BCUT2D eigenvalue weighted by Crippen LogP contribution is 2.28. The van der Waals surface area contributed by atoms with Gasteiger partial charge in [0.2, 0.25) is 0 Å². The minimum atomic E-state index is -0.519. The van der Waals surface area contributed by atoms with E-state index in [4.69, 9.17) is 21.1 Å². The van der Waals surface area contributed by atoms with E-state index in [1.54, 1.807) is 17.0 Å². The number of carbonyl (C=O) groups excluding carboxylic acids is 2. The molecule has 1 amide bonds. The molecule has 0 saturated heterocycles. The molecule has 1 heterocycles. The molecule has 5 nitrogen and oxygen atoms in total. The summed E-state index contributed by atoms with van der Waals surface area (Å²) in [5, 5.41) is 0.478. The third-order valence-electron chi connectivity index (χ3n) is 3.59. The van der Waals surface area contributed by atoms with Crippen molar-refractivity contribution in [1.82, 2.24) is 4.90 Å². The summed E-state index contributed by atoms with van der Waals surface area (Å²) >= 11 is 5.99. The van der Waals surface area contributed by atoms with E-state index in [0.717, 1.165) is 11.1 Å². The van der Waals surface area contributed by atoms with Crippen LogP contribution in [-0.2, 0) is 9.47 Å². The summed E-state index contributed by atoms with van der Waals surface area (Å²) < 4.78 is 10.2. The number of hydrogen-bond donors (Lipinski definition) is 0. The van der Waals surface area contributed by atoms with Crippen molar-refractivity contribution >= 4 is 29.2 Å². The number of ether oxygens (including phenoxy) is 2. The fraction of sp³-hybridized carbons (Fsp3) is 0.444. The van der Waals surface area contributed by atoms with E-state index in [0.29, 0.717) is 30.1 Å². The van der Waals surface area contributed by atoms with Crippen LogP contribution in [0.25, 0.3) is 5.57 Å². The molecule has 24 heavy (non-hydrogen) atoms. The number of nitrogens with zero attached hydrogens (tertiary/aromatic N) is 1. The van der Waals surface area contributed by atoms with Crippen LogP contribution in [0.4, 0.5) is 4.79 Å². The maximum absolute atomic E-state index is 12.1. The summed E-state index contributed by atoms with van der Waals surface area (Å²) in [6, 6.07) is 5.15. The number of hydrogen-bond acceptors (Lipinski definition) is 4. The molecule has 0 bridgehead atoms. The zero-order chi connectivity index (χ0) is 17.9. The highest BCUT2D eigenvalue weighted by Gasteiger charge is 2.25. The summed E-state index contributed by atoms with van der Waals surface area (Å²) in [5.74, 6) is -0.428. The topological polar surface area (TPSA) is 55.8 Å². The number of amides is 1. The summed E-state index contributed by atoms with van der Waals surface area (Å²) in [6.45, 7) is 6.49. The molecule has 0 fully saturated rings. The molecule has 1 aromatic carbocycles. The molecular formula is C18H22ClNO4. The zero-order valence-electron chi connectivity index (χ0n) is 14.4. The van der Waals surface area contributed by atoms with Crippen molar-refractivity contribution in [1.29, 1.82) is 0 Å². The van der Waals surface area contributed by atoms with E-state index in [1.165, 1.54) is 7.11 Å². The van der Waals surface area contributed by atoms with Gasteiger partial charge in [0.05, 0.1) is 12.7 Å². The van der Waals surface area contributed by atoms with E-state index in [9.17, 15) is 9.59 Å². The Morgan fingerprint density at radius 1 is 1.25 bits per heavy atom. The van der Waals surface area contributed by atoms with E-state index < -0.39 is 11.6 Å². The van der Waals surface area contributed by atoms with Crippen LogP contribution in [0.1, 0.15) is 43.1 Å². The maximum Gasteiger partial charge on any atom is 0.410 e. The molecule has 1 aliphatic heterocycles. The number of rotatable bonds is 2. The van der Waals surface area contributed by atoms with E-state index >= 15 is 0 Å². The molecule has 1 aromatic rings. The molecule has 0 atom stereocenters. The molecule has 0 saturated carbocycles. The van der Waals surface area contributed by atoms with Gasteiger partial charge in [-0.25, -0.2) is 9.59 Å². The van der Waals surface area contributed by atoms with Gasteiger partial charge in [-0.05, 0) is 50.5 Å². The Morgan fingerprint density at radius 3 is 2.50 bits per heavy atom. The Kier molecular flexibility index (Phi) is 5.54. The standard InChI is InChI=1S/C18H22ClNO4/c1-18(2,3)24-17(22)20-9-7-12(8-10-20)14-6-5-13(19)11-15(14)16(21)23-4/h5-7,11H,8-10H2,1-4H3. The van der Waals surface area contributed by atoms with Gasteiger partial charge in [0.25, 0.3) is 0 Å². The van der Waals surface area contributed by atoms with Crippen LogP contribution in [0.2, 0.25) is 5.02 Å². The predicted molar refractivity (Wildman–Crippen MR) is 93.2 cm³/mol. The second kappa shape index (κ2) is 7.26. The molecule has 0 N–H and O–H groups in total. The summed E-state index contributed by atoms with van der Waals surface area (Å²) in [7, 11) is 1.34. The minimum Gasteiger partial charge on any atom is -0.465 e. The van der Waals surface area contributed by atoms with Gasteiger partial charge in [-0.3, -0.25) is 0 Å². The summed E-state index contributed by atoms with van der Waals surface area (Å²) in [6.07, 6.45) is 2.23. The van der Waals surface area contributed by atoms with Crippen molar-refractivity contribution < 1.29 is 19.1 Å². The normalized spacial score (nSPS) is 14.9. The Balaban J connectivity index is 2.19. The molecule has 130 valence electrons. The third kappa shape index (κ3) is 4.51. The van der Waals surface area contributed by atoms with Gasteiger partial charge in [-0.2, -0.15) is 0 Å². The van der Waals surface area contributed by atoms with E-state index in [1.807, 2.05) is 32.9 Å². The second-order valence-electron chi connectivity index (χ2n) is 6.59. The van der Waals surface area contributed by atoms with E-state index in [-0.39, 0.29) is 6.09 Å². The zero-order valence-corrected chi connectivity index (χ0v) is 15.1. The SMILES string of the molecule is COC(=O)c1cc(Cl)ccc1C1=CCN(C(=O)OC(C)(C)C)CC1. The Morgan fingerprint density at radius 2 is 1.96 bits per heavy atom. The van der Waals surface area contributed by atoms with Gasteiger partial charge < -0.3 is 14.4 Å². The first-order valence-corrected chi connectivity index (χ1v) is 8.14.